The second kappa shape index (κ2) is 18.3. The standard InChI is InChI=1S/C43H69NO10/c1-11-34-40(47-8)41(48-9)42(49-10)43(54-34)51-27-19-26-15-16-28-30(29(26)20-27)21-32-31(28)22-37(45)52-35(23(2)3)13-12-14-36(24(4)39(32)46)53-38-18-17-33(44(6)7)25(5)50-38/h15-16,21,23-31,33-36,38,40-43H,11-14,17-20,22H2,1-10H3/t24?,25-,26?,27?,28?,29?,30?,31?,33-,34+,35?,36?,38?,40?,41?,42?,43?/m1/s1. The molecule has 3 aliphatic carbocycles. The third-order valence-corrected chi connectivity index (χ3v) is 13.8. The van der Waals surface area contributed by atoms with Gasteiger partial charge in [-0.15, -0.1) is 0 Å². The fraction of sp³-hybridized carbons (Fsp3) is 0.860. The number of fused-ring (bicyclic) bond motifs is 5. The van der Waals surface area contributed by atoms with Gasteiger partial charge in [0, 0.05) is 39.2 Å². The van der Waals surface area contributed by atoms with Crippen LogP contribution in [0.3, 0.4) is 0 Å². The second-order valence-corrected chi connectivity index (χ2v) is 17.5. The van der Waals surface area contributed by atoms with Crippen molar-refractivity contribution in [2.24, 2.45) is 41.4 Å². The Morgan fingerprint density at radius 2 is 1.61 bits per heavy atom. The van der Waals surface area contributed by atoms with Gasteiger partial charge in [-0.05, 0) is 108 Å². The Hall–Kier alpha value is -1.70. The van der Waals surface area contributed by atoms with E-state index in [9.17, 15) is 9.59 Å². The number of ether oxygens (including phenoxy) is 8. The van der Waals surface area contributed by atoms with Gasteiger partial charge in [-0.1, -0.05) is 45.9 Å². The van der Waals surface area contributed by atoms with E-state index in [0.29, 0.717) is 18.4 Å². The highest BCUT2D eigenvalue weighted by atomic mass is 16.7. The molecule has 11 heteroatoms. The summed E-state index contributed by atoms with van der Waals surface area (Å²) in [6.07, 6.45) is 10.8. The third kappa shape index (κ3) is 8.74. The SMILES string of the molecule is CC[C@@H]1OC(OC2CC3C=CC4C5CC(=O)OC(C(C)C)CCCC(OC6CC[C@@H](N(C)C)[C@@H](C)O6)C(C)C(=O)C5=CC4C3C2)C(OC)C(OC)C1OC. The molecule has 0 N–H and O–H groups in total. The summed E-state index contributed by atoms with van der Waals surface area (Å²) in [5, 5.41) is 0. The molecular weight excluding hydrogens is 690 g/mol. The number of Topliss-reactive ketones (excluding diaryl/α,β-unsaturated/α-hetero) is 1. The molecule has 0 bridgehead atoms. The molecule has 6 aliphatic rings. The Bertz CT molecular complexity index is 1330. The maximum absolute atomic E-state index is 14.7. The summed E-state index contributed by atoms with van der Waals surface area (Å²) in [5.41, 5.74) is 0.763. The van der Waals surface area contributed by atoms with E-state index in [4.69, 9.17) is 37.9 Å². The number of rotatable bonds is 10. The summed E-state index contributed by atoms with van der Waals surface area (Å²) < 4.78 is 50.2. The van der Waals surface area contributed by atoms with Crippen molar-refractivity contribution in [3.63, 3.8) is 0 Å². The van der Waals surface area contributed by atoms with Crippen LogP contribution in [0.2, 0.25) is 0 Å². The van der Waals surface area contributed by atoms with Crippen molar-refractivity contribution in [3.8, 4) is 0 Å². The minimum absolute atomic E-state index is 0.0338. The molecule has 3 aliphatic heterocycles. The van der Waals surface area contributed by atoms with Crippen molar-refractivity contribution in [1.82, 2.24) is 4.90 Å². The molecule has 0 spiro atoms. The molecule has 54 heavy (non-hydrogen) atoms. The predicted octanol–water partition coefficient (Wildman–Crippen LogP) is 6.12. The van der Waals surface area contributed by atoms with Crippen molar-refractivity contribution in [2.45, 2.75) is 160 Å². The molecule has 17 atom stereocenters. The topological polar surface area (TPSA) is 111 Å². The first-order valence-corrected chi connectivity index (χ1v) is 20.9. The van der Waals surface area contributed by atoms with Crippen LogP contribution in [-0.2, 0) is 47.5 Å². The van der Waals surface area contributed by atoms with Crippen LogP contribution in [0, 0.1) is 41.4 Å². The Morgan fingerprint density at radius 3 is 2.26 bits per heavy atom. The van der Waals surface area contributed by atoms with E-state index >= 15 is 0 Å². The first-order chi connectivity index (χ1) is 25.9. The van der Waals surface area contributed by atoms with Crippen LogP contribution in [-0.4, -0.2) is 120 Å². The largest absolute Gasteiger partial charge is 0.462 e. The second-order valence-electron chi connectivity index (χ2n) is 17.5. The van der Waals surface area contributed by atoms with Crippen molar-refractivity contribution in [2.75, 3.05) is 35.4 Å². The molecule has 14 unspecified atom stereocenters. The summed E-state index contributed by atoms with van der Waals surface area (Å²) in [5.74, 6) is 0.169. The normalized spacial score (nSPS) is 44.6. The average molecular weight is 760 g/mol. The number of methoxy groups -OCH3 is 3. The Balaban J connectivity index is 1.22. The smallest absolute Gasteiger partial charge is 0.306 e. The highest BCUT2D eigenvalue weighted by molar-refractivity contribution is 5.99. The van der Waals surface area contributed by atoms with Crippen LogP contribution in [0.5, 0.6) is 0 Å². The van der Waals surface area contributed by atoms with E-state index in [1.165, 1.54) is 0 Å². The van der Waals surface area contributed by atoms with E-state index in [1.54, 1.807) is 21.3 Å². The van der Waals surface area contributed by atoms with E-state index in [0.717, 1.165) is 50.5 Å². The molecular formula is C43H69NO10. The van der Waals surface area contributed by atoms with Crippen LogP contribution in [0.4, 0.5) is 0 Å². The zero-order chi connectivity index (χ0) is 38.8. The van der Waals surface area contributed by atoms with E-state index in [1.807, 2.05) is 6.92 Å². The van der Waals surface area contributed by atoms with Crippen LogP contribution in [0.15, 0.2) is 23.8 Å². The number of cyclic esters (lactones) is 1. The minimum atomic E-state index is -0.592. The van der Waals surface area contributed by atoms with E-state index in [2.05, 4.69) is 64.9 Å². The minimum Gasteiger partial charge on any atom is -0.462 e. The van der Waals surface area contributed by atoms with E-state index in [-0.39, 0.29) is 103 Å². The lowest BCUT2D eigenvalue weighted by atomic mass is 9.70. The summed E-state index contributed by atoms with van der Waals surface area (Å²) in [6.45, 7) is 10.4. The van der Waals surface area contributed by atoms with Gasteiger partial charge in [-0.3, -0.25) is 9.59 Å². The molecule has 3 saturated heterocycles. The first-order valence-electron chi connectivity index (χ1n) is 20.9. The quantitative estimate of drug-likeness (QED) is 0.190. The predicted molar refractivity (Wildman–Crippen MR) is 203 cm³/mol. The molecule has 0 radical (unpaired) electrons. The van der Waals surface area contributed by atoms with Gasteiger partial charge >= 0.3 is 5.97 Å². The summed E-state index contributed by atoms with van der Waals surface area (Å²) in [6, 6.07) is 0.335. The number of esters is 1. The highest BCUT2D eigenvalue weighted by Gasteiger charge is 2.53. The molecule has 306 valence electrons. The zero-order valence-electron chi connectivity index (χ0n) is 34.5. The molecule has 0 aromatic rings. The fourth-order valence-corrected chi connectivity index (χ4v) is 10.7. The van der Waals surface area contributed by atoms with Gasteiger partial charge in [0.2, 0.25) is 0 Å². The zero-order valence-corrected chi connectivity index (χ0v) is 34.5. The molecule has 6 rings (SSSR count). The molecule has 0 aromatic carbocycles. The Kier molecular flexibility index (Phi) is 14.2. The lowest BCUT2D eigenvalue weighted by molar-refractivity contribution is -0.317. The summed E-state index contributed by atoms with van der Waals surface area (Å²) >= 11 is 0. The number of ketones is 1. The van der Waals surface area contributed by atoms with Crippen LogP contribution in [0.25, 0.3) is 0 Å². The first kappa shape index (κ1) is 41.9. The van der Waals surface area contributed by atoms with Gasteiger partial charge in [-0.2, -0.15) is 0 Å². The van der Waals surface area contributed by atoms with Gasteiger partial charge < -0.3 is 42.8 Å². The maximum Gasteiger partial charge on any atom is 0.306 e. The van der Waals surface area contributed by atoms with Crippen LogP contribution < -0.4 is 0 Å². The van der Waals surface area contributed by atoms with Crippen molar-refractivity contribution in [1.29, 1.82) is 0 Å². The monoisotopic (exact) mass is 759 g/mol. The van der Waals surface area contributed by atoms with Gasteiger partial charge in [0.05, 0.1) is 30.8 Å². The lowest BCUT2D eigenvalue weighted by Gasteiger charge is -2.45. The van der Waals surface area contributed by atoms with Gasteiger partial charge in [0.1, 0.15) is 24.4 Å². The molecule has 0 amide bonds. The molecule has 4 fully saturated rings. The van der Waals surface area contributed by atoms with Gasteiger partial charge in [0.25, 0.3) is 0 Å². The number of hydrogen-bond donors (Lipinski definition) is 0. The number of carbonyl (C=O) groups excluding carboxylic acids is 2. The molecule has 0 aromatic heterocycles. The lowest BCUT2D eigenvalue weighted by Crippen LogP contribution is -2.60. The van der Waals surface area contributed by atoms with Crippen LogP contribution in [0.1, 0.15) is 92.4 Å². The van der Waals surface area contributed by atoms with Crippen molar-refractivity contribution < 1.29 is 47.5 Å². The Morgan fingerprint density at radius 1 is 0.870 bits per heavy atom. The van der Waals surface area contributed by atoms with Crippen molar-refractivity contribution >= 4 is 11.8 Å². The average Bonchev–Trinajstić information content (AvgIpc) is 3.72. The summed E-state index contributed by atoms with van der Waals surface area (Å²) in [4.78, 5) is 30.6. The highest BCUT2D eigenvalue weighted by Crippen LogP contribution is 2.54. The number of hydrogen-bond acceptors (Lipinski definition) is 11. The fourth-order valence-electron chi connectivity index (χ4n) is 10.7. The third-order valence-electron chi connectivity index (χ3n) is 13.8. The maximum atomic E-state index is 14.7. The molecule has 1 saturated carbocycles. The number of likely N-dealkylation sites (N-methyl/N-ethyl adjacent to an activating group) is 1. The van der Waals surface area contributed by atoms with Crippen molar-refractivity contribution in [3.05, 3.63) is 23.8 Å². The van der Waals surface area contributed by atoms with Gasteiger partial charge in [-0.25, -0.2) is 0 Å². The number of allylic oxidation sites excluding steroid dienone is 4. The Labute approximate surface area is 324 Å². The van der Waals surface area contributed by atoms with Crippen LogP contribution >= 0.6 is 0 Å². The molecule has 11 nitrogen and oxygen atoms in total. The van der Waals surface area contributed by atoms with Gasteiger partial charge in [0.15, 0.2) is 18.4 Å². The molecule has 3 heterocycles. The summed E-state index contributed by atoms with van der Waals surface area (Å²) in [7, 11) is 9.20. The number of nitrogens with zero attached hydrogens (tertiary/aromatic N) is 1. The number of carbonyl (C=O) groups is 2. The van der Waals surface area contributed by atoms with E-state index < -0.39 is 12.4 Å².